The molecule has 0 aliphatic heterocycles. The monoisotopic (exact) mass is 234 g/mol. The molecule has 0 unspecified atom stereocenters. The summed E-state index contributed by atoms with van der Waals surface area (Å²) in [6.07, 6.45) is 0. The van der Waals surface area contributed by atoms with Crippen molar-refractivity contribution in [3.8, 4) is 0 Å². The maximum atomic E-state index is 3.47. The molecule has 0 fully saturated rings. The van der Waals surface area contributed by atoms with Gasteiger partial charge in [0.2, 0.25) is 0 Å². The second-order valence-electron chi connectivity index (χ2n) is 5.85. The van der Waals surface area contributed by atoms with Crippen LogP contribution in [0.3, 0.4) is 0 Å². The van der Waals surface area contributed by atoms with Crippen LogP contribution in [-0.4, -0.2) is 18.6 Å². The van der Waals surface area contributed by atoms with Gasteiger partial charge in [-0.05, 0) is 40.2 Å². The van der Waals surface area contributed by atoms with Gasteiger partial charge in [0.25, 0.3) is 0 Å². The van der Waals surface area contributed by atoms with E-state index in [1.165, 1.54) is 16.7 Å². The van der Waals surface area contributed by atoms with Gasteiger partial charge in [-0.2, -0.15) is 0 Å². The van der Waals surface area contributed by atoms with Crippen molar-refractivity contribution < 1.29 is 0 Å². The molecule has 0 spiro atoms. The molecule has 1 aromatic carbocycles. The van der Waals surface area contributed by atoms with E-state index in [1.54, 1.807) is 0 Å². The summed E-state index contributed by atoms with van der Waals surface area (Å²) in [5, 5.41) is 6.93. The first-order valence-corrected chi connectivity index (χ1v) is 6.40. The van der Waals surface area contributed by atoms with Crippen molar-refractivity contribution in [1.29, 1.82) is 0 Å². The van der Waals surface area contributed by atoms with E-state index in [2.05, 4.69) is 63.5 Å². The van der Waals surface area contributed by atoms with E-state index in [1.807, 2.05) is 0 Å². The van der Waals surface area contributed by atoms with Crippen LogP contribution in [0, 0.1) is 13.8 Å². The summed E-state index contributed by atoms with van der Waals surface area (Å²) >= 11 is 0. The molecule has 0 atom stereocenters. The van der Waals surface area contributed by atoms with E-state index in [4.69, 9.17) is 0 Å². The lowest BCUT2D eigenvalue weighted by atomic mass is 10.1. The Kier molecular flexibility index (Phi) is 5.16. The summed E-state index contributed by atoms with van der Waals surface area (Å²) < 4.78 is 0. The van der Waals surface area contributed by atoms with Crippen molar-refractivity contribution in [3.63, 3.8) is 0 Å². The first-order valence-electron chi connectivity index (χ1n) is 6.40. The molecule has 2 heteroatoms. The van der Waals surface area contributed by atoms with Gasteiger partial charge in [0.15, 0.2) is 0 Å². The van der Waals surface area contributed by atoms with Crippen LogP contribution in [0.15, 0.2) is 18.2 Å². The van der Waals surface area contributed by atoms with E-state index in [9.17, 15) is 0 Å². The zero-order chi connectivity index (χ0) is 12.9. The number of aryl methyl sites for hydroxylation is 2. The Morgan fingerprint density at radius 1 is 0.941 bits per heavy atom. The van der Waals surface area contributed by atoms with Gasteiger partial charge in [-0.15, -0.1) is 0 Å². The predicted octanol–water partition coefficient (Wildman–Crippen LogP) is 2.78. The quantitative estimate of drug-likeness (QED) is 0.766. The molecule has 0 saturated carbocycles. The zero-order valence-corrected chi connectivity index (χ0v) is 11.9. The third kappa shape index (κ3) is 6.44. The van der Waals surface area contributed by atoms with Crippen molar-refractivity contribution in [1.82, 2.24) is 10.6 Å². The van der Waals surface area contributed by atoms with Gasteiger partial charge >= 0.3 is 0 Å². The smallest absolute Gasteiger partial charge is 0.0206 e. The van der Waals surface area contributed by atoms with Crippen molar-refractivity contribution in [2.45, 2.75) is 46.7 Å². The molecule has 96 valence electrons. The average Bonchev–Trinajstić information content (AvgIpc) is 2.13. The van der Waals surface area contributed by atoms with Gasteiger partial charge in [0.05, 0.1) is 0 Å². The highest BCUT2D eigenvalue weighted by Crippen LogP contribution is 2.08. The Bertz CT molecular complexity index is 330. The number of benzene rings is 1. The molecule has 0 bridgehead atoms. The summed E-state index contributed by atoms with van der Waals surface area (Å²) in [7, 11) is 0. The maximum absolute atomic E-state index is 3.47. The minimum absolute atomic E-state index is 0.210. The average molecular weight is 234 g/mol. The number of rotatable bonds is 5. The highest BCUT2D eigenvalue weighted by atomic mass is 15.0. The van der Waals surface area contributed by atoms with Crippen LogP contribution in [0.4, 0.5) is 0 Å². The largest absolute Gasteiger partial charge is 0.311 e. The van der Waals surface area contributed by atoms with Crippen molar-refractivity contribution >= 4 is 0 Å². The van der Waals surface area contributed by atoms with Crippen LogP contribution in [-0.2, 0) is 6.54 Å². The molecule has 0 amide bonds. The Labute approximate surface area is 106 Å². The molecule has 0 aromatic heterocycles. The molecule has 0 heterocycles. The van der Waals surface area contributed by atoms with Gasteiger partial charge in [0.1, 0.15) is 0 Å². The van der Waals surface area contributed by atoms with Crippen LogP contribution in [0.5, 0.6) is 0 Å². The van der Waals surface area contributed by atoms with Gasteiger partial charge in [-0.3, -0.25) is 0 Å². The molecule has 1 rings (SSSR count). The minimum Gasteiger partial charge on any atom is -0.311 e. The first-order chi connectivity index (χ1) is 7.87. The number of hydrogen-bond donors (Lipinski definition) is 2. The Morgan fingerprint density at radius 3 is 2.06 bits per heavy atom. The molecular weight excluding hydrogens is 208 g/mol. The van der Waals surface area contributed by atoms with Crippen LogP contribution < -0.4 is 10.6 Å². The maximum Gasteiger partial charge on any atom is 0.0206 e. The molecular formula is C15H26N2. The third-order valence-electron chi connectivity index (χ3n) is 2.57. The van der Waals surface area contributed by atoms with Crippen LogP contribution in [0.1, 0.15) is 37.5 Å². The topological polar surface area (TPSA) is 24.1 Å². The SMILES string of the molecule is Cc1cc(C)cc(CNCCNC(C)(C)C)c1. The Balaban J connectivity index is 2.27. The third-order valence-corrected chi connectivity index (χ3v) is 2.57. The molecule has 1 aromatic rings. The van der Waals surface area contributed by atoms with Crippen LogP contribution in [0.25, 0.3) is 0 Å². The highest BCUT2D eigenvalue weighted by Gasteiger charge is 2.06. The molecule has 17 heavy (non-hydrogen) atoms. The second-order valence-corrected chi connectivity index (χ2v) is 5.85. The standard InChI is InChI=1S/C15H26N2/c1-12-8-13(2)10-14(9-12)11-16-6-7-17-15(3,4)5/h8-10,16-17H,6-7,11H2,1-5H3. The number of nitrogens with one attached hydrogen (secondary N) is 2. The van der Waals surface area contributed by atoms with Gasteiger partial charge < -0.3 is 10.6 Å². The summed E-state index contributed by atoms with van der Waals surface area (Å²) in [6.45, 7) is 13.8. The molecule has 0 radical (unpaired) electrons. The second kappa shape index (κ2) is 6.18. The zero-order valence-electron chi connectivity index (χ0n) is 11.9. The van der Waals surface area contributed by atoms with E-state index in [0.717, 1.165) is 19.6 Å². The van der Waals surface area contributed by atoms with Crippen LogP contribution >= 0.6 is 0 Å². The van der Waals surface area contributed by atoms with Gasteiger partial charge in [0, 0.05) is 25.2 Å². The molecule has 2 N–H and O–H groups in total. The van der Waals surface area contributed by atoms with Gasteiger partial charge in [-0.1, -0.05) is 29.3 Å². The normalized spacial score (nSPS) is 11.8. The lowest BCUT2D eigenvalue weighted by molar-refractivity contribution is 0.421. The first kappa shape index (κ1) is 14.2. The van der Waals surface area contributed by atoms with Crippen molar-refractivity contribution in [2.75, 3.05) is 13.1 Å². The Hall–Kier alpha value is -0.860. The summed E-state index contributed by atoms with van der Waals surface area (Å²) in [5.41, 5.74) is 4.27. The fourth-order valence-electron chi connectivity index (χ4n) is 1.93. The molecule has 2 nitrogen and oxygen atoms in total. The number of hydrogen-bond acceptors (Lipinski definition) is 2. The summed E-state index contributed by atoms with van der Waals surface area (Å²) in [5.74, 6) is 0. The molecule has 0 aliphatic rings. The van der Waals surface area contributed by atoms with Crippen molar-refractivity contribution in [3.05, 3.63) is 34.9 Å². The summed E-state index contributed by atoms with van der Waals surface area (Å²) in [4.78, 5) is 0. The fourth-order valence-corrected chi connectivity index (χ4v) is 1.93. The van der Waals surface area contributed by atoms with E-state index in [0.29, 0.717) is 0 Å². The molecule has 0 saturated heterocycles. The fraction of sp³-hybridized carbons (Fsp3) is 0.600. The summed E-state index contributed by atoms with van der Waals surface area (Å²) in [6, 6.07) is 6.71. The van der Waals surface area contributed by atoms with E-state index < -0.39 is 0 Å². The van der Waals surface area contributed by atoms with Gasteiger partial charge in [-0.25, -0.2) is 0 Å². The Morgan fingerprint density at radius 2 is 1.53 bits per heavy atom. The van der Waals surface area contributed by atoms with Crippen molar-refractivity contribution in [2.24, 2.45) is 0 Å². The minimum atomic E-state index is 0.210. The lowest BCUT2D eigenvalue weighted by Gasteiger charge is -2.20. The van der Waals surface area contributed by atoms with E-state index >= 15 is 0 Å². The highest BCUT2D eigenvalue weighted by molar-refractivity contribution is 5.28. The molecule has 0 aliphatic carbocycles. The predicted molar refractivity (Wildman–Crippen MR) is 75.4 cm³/mol. The lowest BCUT2D eigenvalue weighted by Crippen LogP contribution is -2.40. The van der Waals surface area contributed by atoms with E-state index in [-0.39, 0.29) is 5.54 Å². The van der Waals surface area contributed by atoms with Crippen LogP contribution in [0.2, 0.25) is 0 Å².